The van der Waals surface area contributed by atoms with Crippen LogP contribution in [-0.4, -0.2) is 11.9 Å². The first-order valence-electron chi connectivity index (χ1n) is 5.18. The number of nitrogens with one attached hydrogen (secondary N) is 1. The topological polar surface area (TPSA) is 29.1 Å². The van der Waals surface area contributed by atoms with Crippen molar-refractivity contribution in [2.24, 2.45) is 5.92 Å². The van der Waals surface area contributed by atoms with Gasteiger partial charge in [0.1, 0.15) is 0 Å². The van der Waals surface area contributed by atoms with Gasteiger partial charge in [0.2, 0.25) is 5.91 Å². The molecule has 68 valence electrons. The molecule has 2 aliphatic rings. The Kier molecular flexibility index (Phi) is 2.33. The van der Waals surface area contributed by atoms with Crippen LogP contribution in [0, 0.1) is 5.92 Å². The first kappa shape index (κ1) is 8.09. The fourth-order valence-electron chi connectivity index (χ4n) is 2.34. The number of carbonyl (C=O) groups excluding carboxylic acids is 1. The van der Waals surface area contributed by atoms with Crippen molar-refractivity contribution in [3.05, 3.63) is 0 Å². The zero-order valence-corrected chi connectivity index (χ0v) is 7.51. The number of hydrogen-bond acceptors (Lipinski definition) is 1. The first-order valence-corrected chi connectivity index (χ1v) is 5.18. The van der Waals surface area contributed by atoms with Crippen LogP contribution in [0.2, 0.25) is 0 Å². The van der Waals surface area contributed by atoms with E-state index in [1.165, 1.54) is 38.5 Å². The summed E-state index contributed by atoms with van der Waals surface area (Å²) in [5.74, 6) is 0.685. The molecule has 1 saturated carbocycles. The summed E-state index contributed by atoms with van der Waals surface area (Å²) in [7, 11) is 0. The molecule has 2 atom stereocenters. The standard InChI is InChI=1S/C10H17NO/c12-10-8-6-4-2-1-3-5-7-9(8)11-10/h8-9H,1-7H2,(H,11,12). The predicted octanol–water partition coefficient (Wildman–Crippen LogP) is 1.85. The van der Waals surface area contributed by atoms with Crippen molar-refractivity contribution in [3.63, 3.8) is 0 Å². The summed E-state index contributed by atoms with van der Waals surface area (Å²) in [5.41, 5.74) is 0. The van der Waals surface area contributed by atoms with Crippen molar-refractivity contribution < 1.29 is 4.79 Å². The van der Waals surface area contributed by atoms with Crippen LogP contribution in [0.25, 0.3) is 0 Å². The van der Waals surface area contributed by atoms with E-state index < -0.39 is 0 Å². The van der Waals surface area contributed by atoms with Crippen molar-refractivity contribution in [2.75, 3.05) is 0 Å². The summed E-state index contributed by atoms with van der Waals surface area (Å²) in [5, 5.41) is 3.00. The predicted molar refractivity (Wildman–Crippen MR) is 47.7 cm³/mol. The maximum Gasteiger partial charge on any atom is 0.225 e. The highest BCUT2D eigenvalue weighted by Gasteiger charge is 2.37. The number of carbonyl (C=O) groups is 1. The third-order valence-corrected chi connectivity index (χ3v) is 3.18. The first-order chi connectivity index (χ1) is 5.88. The zero-order valence-electron chi connectivity index (χ0n) is 7.51. The van der Waals surface area contributed by atoms with Crippen molar-refractivity contribution in [1.29, 1.82) is 0 Å². The van der Waals surface area contributed by atoms with Gasteiger partial charge in [-0.3, -0.25) is 4.79 Å². The summed E-state index contributed by atoms with van der Waals surface area (Å²) < 4.78 is 0. The van der Waals surface area contributed by atoms with Crippen LogP contribution in [0.1, 0.15) is 44.9 Å². The van der Waals surface area contributed by atoms with E-state index in [2.05, 4.69) is 5.32 Å². The molecular weight excluding hydrogens is 150 g/mol. The van der Waals surface area contributed by atoms with Gasteiger partial charge in [-0.1, -0.05) is 32.1 Å². The molecule has 0 bridgehead atoms. The van der Waals surface area contributed by atoms with Crippen LogP contribution in [0.15, 0.2) is 0 Å². The minimum absolute atomic E-state index is 0.307. The summed E-state index contributed by atoms with van der Waals surface area (Å²) in [6, 6.07) is 0.538. The van der Waals surface area contributed by atoms with Gasteiger partial charge in [-0.15, -0.1) is 0 Å². The van der Waals surface area contributed by atoms with Gasteiger partial charge in [0.15, 0.2) is 0 Å². The van der Waals surface area contributed by atoms with Crippen LogP contribution in [0.4, 0.5) is 0 Å². The second kappa shape index (κ2) is 3.46. The van der Waals surface area contributed by atoms with E-state index in [0.717, 1.165) is 6.42 Å². The average Bonchev–Trinajstić information content (AvgIpc) is 2.14. The fourth-order valence-corrected chi connectivity index (χ4v) is 2.34. The average molecular weight is 167 g/mol. The van der Waals surface area contributed by atoms with Crippen molar-refractivity contribution in [1.82, 2.24) is 5.32 Å². The highest BCUT2D eigenvalue weighted by Crippen LogP contribution is 2.27. The summed E-state index contributed by atoms with van der Waals surface area (Å²) in [6.45, 7) is 0. The lowest BCUT2D eigenvalue weighted by molar-refractivity contribution is -0.135. The maximum absolute atomic E-state index is 11.1. The summed E-state index contributed by atoms with van der Waals surface area (Å²) in [4.78, 5) is 11.1. The third kappa shape index (κ3) is 1.47. The molecule has 0 aromatic carbocycles. The van der Waals surface area contributed by atoms with E-state index >= 15 is 0 Å². The van der Waals surface area contributed by atoms with Crippen molar-refractivity contribution in [2.45, 2.75) is 51.0 Å². The molecule has 12 heavy (non-hydrogen) atoms. The normalized spacial score (nSPS) is 36.5. The quantitative estimate of drug-likeness (QED) is 0.548. The lowest BCUT2D eigenvalue weighted by Gasteiger charge is -2.36. The number of amides is 1. The Morgan fingerprint density at radius 1 is 1.00 bits per heavy atom. The van der Waals surface area contributed by atoms with E-state index in [-0.39, 0.29) is 0 Å². The molecule has 1 aliphatic carbocycles. The van der Waals surface area contributed by atoms with E-state index in [1.807, 2.05) is 0 Å². The Balaban J connectivity index is 1.89. The van der Waals surface area contributed by atoms with Crippen LogP contribution in [-0.2, 0) is 4.79 Å². The lowest BCUT2D eigenvalue weighted by Crippen LogP contribution is -2.57. The summed E-state index contributed by atoms with van der Waals surface area (Å²) >= 11 is 0. The Bertz CT molecular complexity index is 179. The Labute approximate surface area is 73.7 Å². The molecule has 1 saturated heterocycles. The molecule has 0 spiro atoms. The molecular formula is C10H17NO. The molecule has 0 radical (unpaired) electrons. The second-order valence-corrected chi connectivity index (χ2v) is 4.07. The monoisotopic (exact) mass is 167 g/mol. The van der Waals surface area contributed by atoms with Gasteiger partial charge in [0, 0.05) is 6.04 Å². The molecule has 2 heteroatoms. The van der Waals surface area contributed by atoms with Gasteiger partial charge in [0.25, 0.3) is 0 Å². The number of β-lactam (4-membered cyclic amide) rings is 1. The molecule has 2 nitrogen and oxygen atoms in total. The second-order valence-electron chi connectivity index (χ2n) is 4.07. The highest BCUT2D eigenvalue weighted by molar-refractivity contribution is 5.85. The Hall–Kier alpha value is -0.530. The number of hydrogen-bond donors (Lipinski definition) is 1. The van der Waals surface area contributed by atoms with Crippen LogP contribution >= 0.6 is 0 Å². The Morgan fingerprint density at radius 3 is 2.42 bits per heavy atom. The van der Waals surface area contributed by atoms with E-state index in [0.29, 0.717) is 17.9 Å². The SMILES string of the molecule is O=C1NC2CCCCCCCC12. The van der Waals surface area contributed by atoms with Crippen LogP contribution in [0.3, 0.4) is 0 Å². The molecule has 2 unspecified atom stereocenters. The molecule has 2 fully saturated rings. The van der Waals surface area contributed by atoms with Gasteiger partial charge in [-0.25, -0.2) is 0 Å². The molecule has 1 amide bonds. The smallest absolute Gasteiger partial charge is 0.225 e. The number of fused-ring (bicyclic) bond motifs is 1. The van der Waals surface area contributed by atoms with Crippen molar-refractivity contribution in [3.8, 4) is 0 Å². The Morgan fingerprint density at radius 2 is 1.67 bits per heavy atom. The lowest BCUT2D eigenvalue weighted by atomic mass is 9.84. The molecule has 1 heterocycles. The largest absolute Gasteiger partial charge is 0.352 e. The zero-order chi connectivity index (χ0) is 8.39. The van der Waals surface area contributed by atoms with E-state index in [9.17, 15) is 4.79 Å². The van der Waals surface area contributed by atoms with E-state index in [1.54, 1.807) is 0 Å². The van der Waals surface area contributed by atoms with Gasteiger partial charge in [0.05, 0.1) is 5.92 Å². The third-order valence-electron chi connectivity index (χ3n) is 3.18. The molecule has 1 N–H and O–H groups in total. The number of rotatable bonds is 0. The minimum Gasteiger partial charge on any atom is -0.352 e. The maximum atomic E-state index is 11.1. The van der Waals surface area contributed by atoms with Gasteiger partial charge < -0.3 is 5.32 Å². The molecule has 0 aromatic rings. The molecule has 1 aliphatic heterocycles. The fraction of sp³-hybridized carbons (Fsp3) is 0.900. The van der Waals surface area contributed by atoms with Crippen molar-refractivity contribution >= 4 is 5.91 Å². The summed E-state index contributed by atoms with van der Waals surface area (Å²) in [6.07, 6.45) is 8.98. The van der Waals surface area contributed by atoms with Crippen LogP contribution < -0.4 is 5.32 Å². The van der Waals surface area contributed by atoms with Gasteiger partial charge in [-0.05, 0) is 12.8 Å². The molecule has 2 rings (SSSR count). The highest BCUT2D eigenvalue weighted by atomic mass is 16.2. The van der Waals surface area contributed by atoms with Gasteiger partial charge >= 0.3 is 0 Å². The van der Waals surface area contributed by atoms with E-state index in [4.69, 9.17) is 0 Å². The molecule has 0 aromatic heterocycles. The van der Waals surface area contributed by atoms with Gasteiger partial charge in [-0.2, -0.15) is 0 Å². The minimum atomic E-state index is 0.307. The van der Waals surface area contributed by atoms with Crippen LogP contribution in [0.5, 0.6) is 0 Å².